The van der Waals surface area contributed by atoms with Crippen molar-refractivity contribution < 1.29 is 9.53 Å². The molecule has 0 aliphatic rings. The van der Waals surface area contributed by atoms with Gasteiger partial charge >= 0.3 is 5.97 Å². The molecule has 29 heavy (non-hydrogen) atoms. The van der Waals surface area contributed by atoms with Crippen molar-refractivity contribution in [2.45, 2.75) is 26.1 Å². The molecular formula is C23H23N3O2S. The predicted octanol–water partition coefficient (Wildman–Crippen LogP) is 4.62. The number of fused-ring (bicyclic) bond motifs is 1. The predicted molar refractivity (Wildman–Crippen MR) is 117 cm³/mol. The van der Waals surface area contributed by atoms with Gasteiger partial charge in [0.15, 0.2) is 0 Å². The van der Waals surface area contributed by atoms with Gasteiger partial charge in [-0.15, -0.1) is 0 Å². The average Bonchev–Trinajstić information content (AvgIpc) is 3.07. The summed E-state index contributed by atoms with van der Waals surface area (Å²) in [6.45, 7) is 4.81. The summed E-state index contributed by atoms with van der Waals surface area (Å²) < 4.78 is 7.23. The number of rotatable bonds is 7. The van der Waals surface area contributed by atoms with E-state index in [1.165, 1.54) is 0 Å². The minimum atomic E-state index is -0.604. The lowest BCUT2D eigenvalue weighted by atomic mass is 10.1. The van der Waals surface area contributed by atoms with Gasteiger partial charge in [-0.3, -0.25) is 0 Å². The van der Waals surface area contributed by atoms with Gasteiger partial charge in [0, 0.05) is 35.6 Å². The molecule has 0 saturated heterocycles. The molecule has 2 aromatic heterocycles. The second-order valence-electron chi connectivity index (χ2n) is 7.23. The number of nitriles is 1. The van der Waals surface area contributed by atoms with E-state index in [0.29, 0.717) is 12.3 Å². The molecule has 0 saturated carbocycles. The maximum absolute atomic E-state index is 12.2. The van der Waals surface area contributed by atoms with Crippen LogP contribution in [0.2, 0.25) is 0 Å². The monoisotopic (exact) mass is 405 g/mol. The average molecular weight is 406 g/mol. The van der Waals surface area contributed by atoms with E-state index in [1.54, 1.807) is 12.3 Å². The van der Waals surface area contributed by atoms with Crippen LogP contribution in [0.1, 0.15) is 30.5 Å². The van der Waals surface area contributed by atoms with Crippen molar-refractivity contribution in [2.24, 2.45) is 5.92 Å². The normalized spacial score (nSPS) is 11.6. The standard InChI is InChI=1S/C23H23N3O2S/c1-16(2)14-28-23(27)19(11-24)10-20-13-26(22-21(20)7-4-8-25-22)12-17-5-3-6-18(9-17)15-29/h3-10,13,16,29H,12,14-15H2,1-2H3/b19-10+. The van der Waals surface area contributed by atoms with Crippen LogP contribution in [-0.4, -0.2) is 22.1 Å². The Morgan fingerprint density at radius 1 is 1.31 bits per heavy atom. The molecule has 0 amide bonds. The molecule has 3 rings (SSSR count). The molecule has 0 spiro atoms. The molecule has 3 aromatic rings. The first kappa shape index (κ1) is 20.7. The quantitative estimate of drug-likeness (QED) is 0.270. The van der Waals surface area contributed by atoms with E-state index in [0.717, 1.165) is 27.7 Å². The zero-order valence-electron chi connectivity index (χ0n) is 16.5. The Hall–Kier alpha value is -3.04. The van der Waals surface area contributed by atoms with Gasteiger partial charge in [-0.05, 0) is 35.3 Å². The lowest BCUT2D eigenvalue weighted by molar-refractivity contribution is -0.139. The third kappa shape index (κ3) is 5.07. The number of aromatic nitrogens is 2. The summed E-state index contributed by atoms with van der Waals surface area (Å²) in [5.41, 5.74) is 3.81. The fourth-order valence-electron chi connectivity index (χ4n) is 3.02. The molecule has 0 bridgehead atoms. The zero-order chi connectivity index (χ0) is 20.8. The summed E-state index contributed by atoms with van der Waals surface area (Å²) in [7, 11) is 0. The summed E-state index contributed by atoms with van der Waals surface area (Å²) in [5.74, 6) is 0.279. The van der Waals surface area contributed by atoms with Crippen LogP contribution in [0.15, 0.2) is 54.4 Å². The number of benzene rings is 1. The molecule has 0 fully saturated rings. The van der Waals surface area contributed by atoms with Gasteiger partial charge in [-0.1, -0.05) is 38.1 Å². The lowest BCUT2D eigenvalue weighted by Crippen LogP contribution is -2.11. The van der Waals surface area contributed by atoms with Crippen LogP contribution in [0, 0.1) is 17.2 Å². The number of hydrogen-bond donors (Lipinski definition) is 1. The molecule has 2 heterocycles. The summed E-state index contributed by atoms with van der Waals surface area (Å²) in [6, 6.07) is 14.0. The van der Waals surface area contributed by atoms with Gasteiger partial charge in [0.05, 0.1) is 6.61 Å². The zero-order valence-corrected chi connectivity index (χ0v) is 17.4. The second kappa shape index (κ2) is 9.44. The van der Waals surface area contributed by atoms with E-state index < -0.39 is 5.97 Å². The van der Waals surface area contributed by atoms with Crippen LogP contribution >= 0.6 is 12.6 Å². The van der Waals surface area contributed by atoms with Crippen LogP contribution in [0.4, 0.5) is 0 Å². The Labute approximate surface area is 176 Å². The minimum absolute atomic E-state index is 0.0226. The largest absolute Gasteiger partial charge is 0.461 e. The van der Waals surface area contributed by atoms with Crippen molar-refractivity contribution in [1.29, 1.82) is 5.26 Å². The second-order valence-corrected chi connectivity index (χ2v) is 7.54. The summed E-state index contributed by atoms with van der Waals surface area (Å²) in [4.78, 5) is 16.7. The fourth-order valence-corrected chi connectivity index (χ4v) is 3.22. The molecule has 0 N–H and O–H groups in total. The number of pyridine rings is 1. The van der Waals surface area contributed by atoms with Crippen molar-refractivity contribution in [3.63, 3.8) is 0 Å². The molecule has 0 atom stereocenters. The van der Waals surface area contributed by atoms with Gasteiger partial charge in [-0.25, -0.2) is 9.78 Å². The lowest BCUT2D eigenvalue weighted by Gasteiger charge is -2.06. The molecule has 0 aliphatic heterocycles. The molecule has 6 heteroatoms. The van der Waals surface area contributed by atoms with Crippen molar-refractivity contribution in [3.05, 3.63) is 71.1 Å². The fraction of sp³-hybridized carbons (Fsp3) is 0.261. The van der Waals surface area contributed by atoms with E-state index in [2.05, 4.69) is 29.7 Å². The van der Waals surface area contributed by atoms with Gasteiger partial charge < -0.3 is 9.30 Å². The highest BCUT2D eigenvalue weighted by molar-refractivity contribution is 7.79. The Kier molecular flexibility index (Phi) is 6.73. The first-order valence-electron chi connectivity index (χ1n) is 9.43. The maximum atomic E-state index is 12.2. The number of ether oxygens (including phenoxy) is 1. The Balaban J connectivity index is 1.97. The third-order valence-corrected chi connectivity index (χ3v) is 4.74. The molecule has 0 radical (unpaired) electrons. The number of thiol groups is 1. The highest BCUT2D eigenvalue weighted by Gasteiger charge is 2.15. The van der Waals surface area contributed by atoms with Crippen LogP contribution < -0.4 is 0 Å². The first-order chi connectivity index (χ1) is 14.0. The summed E-state index contributed by atoms with van der Waals surface area (Å²) in [6.07, 6.45) is 5.23. The Bertz CT molecular complexity index is 1090. The topological polar surface area (TPSA) is 67.9 Å². The van der Waals surface area contributed by atoms with Gasteiger partial charge in [-0.2, -0.15) is 17.9 Å². The first-order valence-corrected chi connectivity index (χ1v) is 10.1. The van der Waals surface area contributed by atoms with E-state index in [1.807, 2.05) is 54.9 Å². The van der Waals surface area contributed by atoms with Gasteiger partial charge in [0.1, 0.15) is 17.3 Å². The van der Waals surface area contributed by atoms with Crippen molar-refractivity contribution >= 4 is 35.7 Å². The Morgan fingerprint density at radius 3 is 2.83 bits per heavy atom. The molecule has 148 valence electrons. The molecule has 0 unspecified atom stereocenters. The molecular weight excluding hydrogens is 382 g/mol. The van der Waals surface area contributed by atoms with E-state index in [4.69, 9.17) is 4.74 Å². The van der Waals surface area contributed by atoms with Crippen LogP contribution in [0.25, 0.3) is 17.1 Å². The van der Waals surface area contributed by atoms with Crippen LogP contribution in [0.3, 0.4) is 0 Å². The van der Waals surface area contributed by atoms with Gasteiger partial charge in [0.25, 0.3) is 0 Å². The molecule has 0 aliphatic carbocycles. The number of carbonyl (C=O) groups is 1. The molecule has 5 nitrogen and oxygen atoms in total. The van der Waals surface area contributed by atoms with Gasteiger partial charge in [0.2, 0.25) is 0 Å². The summed E-state index contributed by atoms with van der Waals surface area (Å²) >= 11 is 4.34. The van der Waals surface area contributed by atoms with Crippen LogP contribution in [-0.2, 0) is 21.8 Å². The van der Waals surface area contributed by atoms with Crippen molar-refractivity contribution in [2.75, 3.05) is 6.61 Å². The van der Waals surface area contributed by atoms with Crippen molar-refractivity contribution in [3.8, 4) is 6.07 Å². The number of hydrogen-bond acceptors (Lipinski definition) is 5. The molecule has 1 aromatic carbocycles. The minimum Gasteiger partial charge on any atom is -0.461 e. The summed E-state index contributed by atoms with van der Waals surface area (Å²) in [5, 5.41) is 10.3. The number of nitrogens with zero attached hydrogens (tertiary/aromatic N) is 3. The highest BCUT2D eigenvalue weighted by Crippen LogP contribution is 2.23. The maximum Gasteiger partial charge on any atom is 0.348 e. The number of esters is 1. The van der Waals surface area contributed by atoms with E-state index in [-0.39, 0.29) is 18.1 Å². The number of carbonyl (C=O) groups excluding carboxylic acids is 1. The van der Waals surface area contributed by atoms with Crippen LogP contribution in [0.5, 0.6) is 0 Å². The Morgan fingerprint density at radius 2 is 2.10 bits per heavy atom. The SMILES string of the molecule is CC(C)COC(=O)/C(C#N)=C/c1cn(Cc2cccc(CS)c2)c2ncccc12. The highest BCUT2D eigenvalue weighted by atomic mass is 32.1. The van der Waals surface area contributed by atoms with E-state index >= 15 is 0 Å². The van der Waals surface area contributed by atoms with E-state index in [9.17, 15) is 10.1 Å². The third-order valence-electron chi connectivity index (χ3n) is 4.38. The smallest absolute Gasteiger partial charge is 0.348 e. The van der Waals surface area contributed by atoms with Crippen molar-refractivity contribution in [1.82, 2.24) is 9.55 Å².